The highest BCUT2D eigenvalue weighted by Crippen LogP contribution is 2.31. The minimum Gasteiger partial charge on any atom is -0.459 e. The van der Waals surface area contributed by atoms with Crippen molar-refractivity contribution in [1.82, 2.24) is 14.7 Å². The van der Waals surface area contributed by atoms with E-state index in [0.29, 0.717) is 5.92 Å². The van der Waals surface area contributed by atoms with Gasteiger partial charge in [0, 0.05) is 43.8 Å². The molecule has 4 rings (SSSR count). The normalized spacial score (nSPS) is 15.3. The molecule has 3 heterocycles. The molecule has 1 N–H and O–H groups in total. The third kappa shape index (κ3) is 3.77. The molecule has 1 saturated heterocycles. The van der Waals surface area contributed by atoms with Gasteiger partial charge in [-0.25, -0.2) is 4.79 Å². The lowest BCUT2D eigenvalue weighted by Gasteiger charge is -2.32. The number of fused-ring (bicyclic) bond motifs is 1. The van der Waals surface area contributed by atoms with Gasteiger partial charge in [0.25, 0.3) is 0 Å². The van der Waals surface area contributed by atoms with Gasteiger partial charge in [0.1, 0.15) is 5.76 Å². The predicted octanol–water partition coefficient (Wildman–Crippen LogP) is 4.83. The number of benzene rings is 1. The number of likely N-dealkylation sites (tertiary alicyclic amines) is 1. The molecule has 6 heteroatoms. The second-order valence-electron chi connectivity index (χ2n) is 7.60. The number of carbonyl (C=O) groups is 1. The zero-order valence-electron chi connectivity index (χ0n) is 16.6. The minimum atomic E-state index is -0.0369. The number of para-hydroxylation sites is 1. The molecule has 1 aliphatic heterocycles. The lowest BCUT2D eigenvalue weighted by Crippen LogP contribution is -2.41. The van der Waals surface area contributed by atoms with Crippen molar-refractivity contribution in [3.05, 3.63) is 48.0 Å². The van der Waals surface area contributed by atoms with Crippen LogP contribution >= 0.6 is 0 Å². The molecule has 0 spiro atoms. The fourth-order valence-electron chi connectivity index (χ4n) is 4.09. The standard InChI is InChI=1S/C22H28N4O2/c1-3-20-16(2)18-6-4-7-19(21(18)28-20)24-22(27)25-13-8-17(9-14-25)10-15-26-12-5-11-23-26/h4-7,11-12,17H,3,8-10,13-15H2,1-2H3,(H,24,27). The number of carbonyl (C=O) groups excluding carboxylic acids is 1. The Morgan fingerprint density at radius 3 is 2.82 bits per heavy atom. The first-order valence-corrected chi connectivity index (χ1v) is 10.2. The van der Waals surface area contributed by atoms with Gasteiger partial charge in [0.15, 0.2) is 5.58 Å². The smallest absolute Gasteiger partial charge is 0.321 e. The summed E-state index contributed by atoms with van der Waals surface area (Å²) in [5.74, 6) is 1.63. The molecule has 3 aromatic rings. The number of rotatable bonds is 5. The van der Waals surface area contributed by atoms with Crippen LogP contribution in [-0.2, 0) is 13.0 Å². The number of anilines is 1. The van der Waals surface area contributed by atoms with Gasteiger partial charge in [-0.1, -0.05) is 19.1 Å². The van der Waals surface area contributed by atoms with E-state index < -0.39 is 0 Å². The zero-order valence-corrected chi connectivity index (χ0v) is 16.6. The Hall–Kier alpha value is -2.76. The van der Waals surface area contributed by atoms with Crippen LogP contribution in [0.25, 0.3) is 11.0 Å². The largest absolute Gasteiger partial charge is 0.459 e. The summed E-state index contributed by atoms with van der Waals surface area (Å²) in [7, 11) is 0. The first kappa shape index (κ1) is 18.6. The topological polar surface area (TPSA) is 63.3 Å². The number of aryl methyl sites for hydroxylation is 3. The quantitative estimate of drug-likeness (QED) is 0.689. The van der Waals surface area contributed by atoms with E-state index >= 15 is 0 Å². The van der Waals surface area contributed by atoms with Gasteiger partial charge in [0.2, 0.25) is 0 Å². The summed E-state index contributed by atoms with van der Waals surface area (Å²) in [5.41, 5.74) is 2.69. The van der Waals surface area contributed by atoms with Crippen molar-refractivity contribution in [3.8, 4) is 0 Å². The molecule has 1 fully saturated rings. The molecule has 0 bridgehead atoms. The van der Waals surface area contributed by atoms with Crippen molar-refractivity contribution in [3.63, 3.8) is 0 Å². The van der Waals surface area contributed by atoms with Gasteiger partial charge in [-0.2, -0.15) is 5.10 Å². The number of hydrogen-bond acceptors (Lipinski definition) is 3. The van der Waals surface area contributed by atoms with Crippen LogP contribution in [0.15, 0.2) is 41.1 Å². The maximum Gasteiger partial charge on any atom is 0.321 e. The van der Waals surface area contributed by atoms with Crippen molar-refractivity contribution < 1.29 is 9.21 Å². The average Bonchev–Trinajstić information content (AvgIpc) is 3.35. The molecule has 2 aromatic heterocycles. The third-order valence-electron chi connectivity index (χ3n) is 5.85. The Kier molecular flexibility index (Phi) is 5.37. The number of nitrogens with one attached hydrogen (secondary N) is 1. The Morgan fingerprint density at radius 2 is 2.11 bits per heavy atom. The summed E-state index contributed by atoms with van der Waals surface area (Å²) in [4.78, 5) is 14.7. The van der Waals surface area contributed by atoms with Crippen LogP contribution in [0.4, 0.5) is 10.5 Å². The minimum absolute atomic E-state index is 0.0369. The van der Waals surface area contributed by atoms with Crippen molar-refractivity contribution >= 4 is 22.7 Å². The molecular formula is C22H28N4O2. The first-order chi connectivity index (χ1) is 13.7. The van der Waals surface area contributed by atoms with Crippen molar-refractivity contribution in [2.45, 2.75) is 46.1 Å². The number of piperidine rings is 1. The van der Waals surface area contributed by atoms with E-state index in [-0.39, 0.29) is 6.03 Å². The second kappa shape index (κ2) is 8.09. The third-order valence-corrected chi connectivity index (χ3v) is 5.85. The number of nitrogens with zero attached hydrogens (tertiary/aromatic N) is 3. The van der Waals surface area contributed by atoms with Crippen LogP contribution in [-0.4, -0.2) is 33.8 Å². The van der Waals surface area contributed by atoms with E-state index in [0.717, 1.165) is 73.3 Å². The average molecular weight is 380 g/mol. The van der Waals surface area contributed by atoms with Crippen LogP contribution in [0.5, 0.6) is 0 Å². The summed E-state index contributed by atoms with van der Waals surface area (Å²) in [6, 6.07) is 7.86. The lowest BCUT2D eigenvalue weighted by molar-refractivity contribution is 0.177. The van der Waals surface area contributed by atoms with Crippen molar-refractivity contribution in [2.24, 2.45) is 5.92 Å². The van der Waals surface area contributed by atoms with Crippen LogP contribution in [0, 0.1) is 12.8 Å². The van der Waals surface area contributed by atoms with E-state index in [1.807, 2.05) is 46.2 Å². The Bertz CT molecular complexity index is 937. The predicted molar refractivity (Wildman–Crippen MR) is 110 cm³/mol. The Morgan fingerprint density at radius 1 is 1.29 bits per heavy atom. The number of urea groups is 1. The molecule has 0 unspecified atom stereocenters. The van der Waals surface area contributed by atoms with Gasteiger partial charge in [-0.3, -0.25) is 4.68 Å². The van der Waals surface area contributed by atoms with Gasteiger partial charge < -0.3 is 14.6 Å². The van der Waals surface area contributed by atoms with Gasteiger partial charge in [-0.05, 0) is 49.8 Å². The maximum atomic E-state index is 12.8. The summed E-state index contributed by atoms with van der Waals surface area (Å²) in [6.45, 7) is 6.69. The summed E-state index contributed by atoms with van der Waals surface area (Å²) in [5, 5.41) is 8.41. The fourth-order valence-corrected chi connectivity index (χ4v) is 4.09. The molecule has 0 atom stereocenters. The molecule has 1 aromatic carbocycles. The van der Waals surface area contributed by atoms with E-state index in [9.17, 15) is 4.79 Å². The van der Waals surface area contributed by atoms with E-state index in [2.05, 4.69) is 24.3 Å². The Balaban J connectivity index is 1.35. The van der Waals surface area contributed by atoms with Crippen LogP contribution in [0.2, 0.25) is 0 Å². The molecule has 6 nitrogen and oxygen atoms in total. The number of aromatic nitrogens is 2. The SMILES string of the molecule is CCc1oc2c(NC(=O)N3CCC(CCn4cccn4)CC3)cccc2c1C. The number of amides is 2. The second-order valence-corrected chi connectivity index (χ2v) is 7.60. The molecule has 28 heavy (non-hydrogen) atoms. The molecule has 0 radical (unpaired) electrons. The highest BCUT2D eigenvalue weighted by atomic mass is 16.3. The zero-order chi connectivity index (χ0) is 19.5. The lowest BCUT2D eigenvalue weighted by atomic mass is 9.94. The van der Waals surface area contributed by atoms with Crippen LogP contribution < -0.4 is 5.32 Å². The number of hydrogen-bond donors (Lipinski definition) is 1. The van der Waals surface area contributed by atoms with Crippen LogP contribution in [0.1, 0.15) is 37.5 Å². The summed E-state index contributed by atoms with van der Waals surface area (Å²) >= 11 is 0. The first-order valence-electron chi connectivity index (χ1n) is 10.2. The highest BCUT2D eigenvalue weighted by Gasteiger charge is 2.23. The maximum absolute atomic E-state index is 12.8. The molecule has 0 aliphatic carbocycles. The monoisotopic (exact) mass is 380 g/mol. The molecule has 148 valence electrons. The van der Waals surface area contributed by atoms with Gasteiger partial charge in [-0.15, -0.1) is 0 Å². The summed E-state index contributed by atoms with van der Waals surface area (Å²) < 4.78 is 7.99. The Labute approximate surface area is 165 Å². The van der Waals surface area contributed by atoms with E-state index in [4.69, 9.17) is 4.42 Å². The molecule has 1 aliphatic rings. The summed E-state index contributed by atoms with van der Waals surface area (Å²) in [6.07, 6.45) is 7.86. The highest BCUT2D eigenvalue weighted by molar-refractivity contribution is 6.00. The molecular weight excluding hydrogens is 352 g/mol. The van der Waals surface area contributed by atoms with Crippen LogP contribution in [0.3, 0.4) is 0 Å². The molecule has 2 amide bonds. The van der Waals surface area contributed by atoms with Crippen molar-refractivity contribution in [1.29, 1.82) is 0 Å². The van der Waals surface area contributed by atoms with Gasteiger partial charge in [0.05, 0.1) is 5.69 Å². The van der Waals surface area contributed by atoms with Crippen molar-refractivity contribution in [2.75, 3.05) is 18.4 Å². The van der Waals surface area contributed by atoms with Gasteiger partial charge >= 0.3 is 6.03 Å². The van der Waals surface area contributed by atoms with E-state index in [1.54, 1.807) is 0 Å². The fraction of sp³-hybridized carbons (Fsp3) is 0.455. The molecule has 0 saturated carbocycles. The van der Waals surface area contributed by atoms with E-state index in [1.165, 1.54) is 0 Å². The number of furan rings is 1.